The molecule has 3 aromatic rings. The number of hydrogen-bond acceptors (Lipinski definition) is 8. The fourth-order valence-corrected chi connectivity index (χ4v) is 6.22. The van der Waals surface area contributed by atoms with E-state index in [0.717, 1.165) is 38.2 Å². The molecule has 2 aliphatic heterocycles. The van der Waals surface area contributed by atoms with E-state index in [4.69, 9.17) is 4.74 Å². The van der Waals surface area contributed by atoms with Crippen molar-refractivity contribution in [3.05, 3.63) is 42.1 Å². The van der Waals surface area contributed by atoms with Gasteiger partial charge in [-0.05, 0) is 70.1 Å². The molecule has 2 bridgehead atoms. The quantitative estimate of drug-likeness (QED) is 0.392. The largest absolute Gasteiger partial charge is 0.507 e. The van der Waals surface area contributed by atoms with Crippen molar-refractivity contribution >= 4 is 5.82 Å². The van der Waals surface area contributed by atoms with E-state index in [1.807, 2.05) is 0 Å². The Morgan fingerprint density at radius 2 is 1.84 bits per heavy atom. The van der Waals surface area contributed by atoms with Gasteiger partial charge in [-0.15, -0.1) is 15.3 Å². The average molecular weight is 529 g/mol. The van der Waals surface area contributed by atoms with Gasteiger partial charge in [0.15, 0.2) is 11.6 Å². The maximum Gasteiger partial charge on any atom is 0.233 e. The van der Waals surface area contributed by atoms with Gasteiger partial charge < -0.3 is 20.5 Å². The molecule has 0 radical (unpaired) electrons. The second-order valence-corrected chi connectivity index (χ2v) is 10.9. The number of fused-ring (bicyclic) bond motifs is 2. The molecule has 38 heavy (non-hydrogen) atoms. The summed E-state index contributed by atoms with van der Waals surface area (Å²) in [6, 6.07) is 4.95. The lowest BCUT2D eigenvalue weighted by Crippen LogP contribution is -2.65. The molecule has 8 nitrogen and oxygen atoms in total. The highest BCUT2D eigenvalue weighted by molar-refractivity contribution is 5.75. The first kappa shape index (κ1) is 26.1. The Hall–Kier alpha value is -3.47. The highest BCUT2D eigenvalue weighted by Crippen LogP contribution is 2.44. The van der Waals surface area contributed by atoms with Crippen molar-refractivity contribution in [3.8, 4) is 34.0 Å². The van der Waals surface area contributed by atoms with Crippen molar-refractivity contribution in [2.75, 3.05) is 19.1 Å². The Labute approximate surface area is 219 Å². The number of rotatable bonds is 7. The number of benzene rings is 1. The van der Waals surface area contributed by atoms with Crippen LogP contribution >= 0.6 is 0 Å². The van der Waals surface area contributed by atoms with Crippen LogP contribution in [0.25, 0.3) is 22.4 Å². The highest BCUT2D eigenvalue weighted by atomic mass is 19.2. The van der Waals surface area contributed by atoms with Crippen LogP contribution in [0.3, 0.4) is 0 Å². The molecule has 2 saturated heterocycles. The summed E-state index contributed by atoms with van der Waals surface area (Å²) in [5.41, 5.74) is -0.555. The first-order valence-electron chi connectivity index (χ1n) is 12.7. The summed E-state index contributed by atoms with van der Waals surface area (Å²) in [7, 11) is 1.37. The number of halogens is 3. The van der Waals surface area contributed by atoms with E-state index in [0.29, 0.717) is 5.82 Å². The van der Waals surface area contributed by atoms with E-state index in [1.165, 1.54) is 31.5 Å². The standard InChI is InChI=1S/C27H31F3N6O2/c1-26-7-4-8-27(2,36-26)12-16(11-26)19(13-28)32-21-6-5-18(33-34-21)23-20(37)10-17(24(29)25(23)30)15-9-22(38-3)35-31-14-15/h5-6,9-10,14,16,19,36-37H,4,7-8,11-13H2,1-3H3,(H,32,34). The molecule has 202 valence electrons. The molecule has 0 saturated carbocycles. The topological polar surface area (TPSA) is 105 Å². The first-order chi connectivity index (χ1) is 18.1. The van der Waals surface area contributed by atoms with E-state index in [9.17, 15) is 9.50 Å². The number of phenolic OH excluding ortho intramolecular Hbond substituents is 1. The maximum atomic E-state index is 15.1. The minimum atomic E-state index is -1.28. The van der Waals surface area contributed by atoms with E-state index in [2.05, 4.69) is 44.9 Å². The summed E-state index contributed by atoms with van der Waals surface area (Å²) < 4.78 is 49.3. The van der Waals surface area contributed by atoms with E-state index >= 15 is 8.78 Å². The van der Waals surface area contributed by atoms with Gasteiger partial charge in [0.05, 0.1) is 30.6 Å². The fourth-order valence-electron chi connectivity index (χ4n) is 6.22. The number of piperidine rings is 2. The summed E-state index contributed by atoms with van der Waals surface area (Å²) >= 11 is 0. The lowest BCUT2D eigenvalue weighted by atomic mass is 9.65. The molecule has 11 heteroatoms. The number of nitrogens with zero attached hydrogens (tertiary/aromatic N) is 4. The van der Waals surface area contributed by atoms with Gasteiger partial charge in [0.2, 0.25) is 5.88 Å². The van der Waals surface area contributed by atoms with Crippen LogP contribution in [0.2, 0.25) is 0 Å². The SMILES string of the molecule is COc1cc(-c2cc(O)c(-c3ccc(NC(CF)C4CC5(C)CCCC(C)(C4)N5)nn3)c(F)c2F)cnn1. The number of anilines is 1. The highest BCUT2D eigenvalue weighted by Gasteiger charge is 2.47. The van der Waals surface area contributed by atoms with Crippen LogP contribution in [0, 0.1) is 17.6 Å². The number of aromatic hydroxyl groups is 1. The van der Waals surface area contributed by atoms with Crippen LogP contribution in [0.4, 0.5) is 19.0 Å². The van der Waals surface area contributed by atoms with Gasteiger partial charge in [-0.1, -0.05) is 0 Å². The molecule has 2 fully saturated rings. The Balaban J connectivity index is 1.37. The third-order valence-corrected chi connectivity index (χ3v) is 7.81. The normalized spacial score (nSPS) is 25.6. The molecule has 0 amide bonds. The number of phenols is 1. The number of aromatic nitrogens is 4. The van der Waals surface area contributed by atoms with Crippen molar-refractivity contribution in [2.24, 2.45) is 5.92 Å². The minimum Gasteiger partial charge on any atom is -0.507 e. The summed E-state index contributed by atoms with van der Waals surface area (Å²) in [6.45, 7) is 3.83. The molecule has 2 aromatic heterocycles. The van der Waals surface area contributed by atoms with Gasteiger partial charge in [-0.2, -0.15) is 5.10 Å². The Kier molecular flexibility index (Phi) is 6.89. The van der Waals surface area contributed by atoms with Crippen LogP contribution in [0.5, 0.6) is 11.6 Å². The number of methoxy groups -OCH3 is 1. The summed E-state index contributed by atoms with van der Waals surface area (Å²) in [6.07, 6.45) is 6.20. The predicted octanol–water partition coefficient (Wildman–Crippen LogP) is 5.04. The van der Waals surface area contributed by atoms with Crippen molar-refractivity contribution in [1.29, 1.82) is 0 Å². The zero-order chi connectivity index (χ0) is 27.1. The molecule has 4 heterocycles. The van der Waals surface area contributed by atoms with Crippen LogP contribution in [0.15, 0.2) is 30.5 Å². The Morgan fingerprint density at radius 3 is 2.47 bits per heavy atom. The average Bonchev–Trinajstić information content (AvgIpc) is 2.89. The van der Waals surface area contributed by atoms with Crippen LogP contribution in [0.1, 0.15) is 46.0 Å². The number of hydrogen-bond donors (Lipinski definition) is 3. The summed E-state index contributed by atoms with van der Waals surface area (Å²) in [5, 5.41) is 33.0. The van der Waals surface area contributed by atoms with E-state index in [1.54, 1.807) is 0 Å². The third kappa shape index (κ3) is 4.99. The molecule has 1 aromatic carbocycles. The second-order valence-electron chi connectivity index (χ2n) is 10.9. The lowest BCUT2D eigenvalue weighted by Gasteiger charge is -2.54. The Bertz CT molecular complexity index is 1310. The monoisotopic (exact) mass is 528 g/mol. The zero-order valence-corrected chi connectivity index (χ0v) is 21.6. The summed E-state index contributed by atoms with van der Waals surface area (Å²) in [4.78, 5) is 0. The predicted molar refractivity (Wildman–Crippen MR) is 137 cm³/mol. The molecule has 5 rings (SSSR count). The van der Waals surface area contributed by atoms with Crippen molar-refractivity contribution in [3.63, 3.8) is 0 Å². The maximum absolute atomic E-state index is 15.1. The molecular formula is C27H31F3N6O2. The molecule has 2 aliphatic rings. The lowest BCUT2D eigenvalue weighted by molar-refractivity contribution is 0.0448. The molecule has 0 aliphatic carbocycles. The van der Waals surface area contributed by atoms with Gasteiger partial charge in [0, 0.05) is 28.3 Å². The molecular weight excluding hydrogens is 497 g/mol. The summed E-state index contributed by atoms with van der Waals surface area (Å²) in [5.74, 6) is -2.45. The van der Waals surface area contributed by atoms with Gasteiger partial charge in [0.1, 0.15) is 18.2 Å². The van der Waals surface area contributed by atoms with Gasteiger partial charge >= 0.3 is 0 Å². The fraction of sp³-hybridized carbons (Fsp3) is 0.481. The molecule has 3 unspecified atom stereocenters. The van der Waals surface area contributed by atoms with Gasteiger partial charge in [-0.25, -0.2) is 13.2 Å². The van der Waals surface area contributed by atoms with Crippen LogP contribution in [-0.2, 0) is 0 Å². The minimum absolute atomic E-state index is 0.0245. The third-order valence-electron chi connectivity index (χ3n) is 7.81. The van der Waals surface area contributed by atoms with Crippen molar-refractivity contribution in [1.82, 2.24) is 25.7 Å². The zero-order valence-electron chi connectivity index (χ0n) is 21.6. The number of ether oxygens (including phenoxy) is 1. The second kappa shape index (κ2) is 10.0. The number of nitrogens with one attached hydrogen (secondary N) is 2. The smallest absolute Gasteiger partial charge is 0.233 e. The van der Waals surface area contributed by atoms with E-state index in [-0.39, 0.29) is 39.7 Å². The molecule has 0 spiro atoms. The first-order valence-corrected chi connectivity index (χ1v) is 12.7. The molecule has 3 N–H and O–H groups in total. The van der Waals surface area contributed by atoms with E-state index < -0.39 is 35.7 Å². The van der Waals surface area contributed by atoms with Crippen LogP contribution < -0.4 is 15.4 Å². The molecule has 3 atom stereocenters. The number of alkyl halides is 1. The van der Waals surface area contributed by atoms with Crippen LogP contribution in [-0.4, -0.2) is 56.4 Å². The van der Waals surface area contributed by atoms with Crippen molar-refractivity contribution < 1.29 is 23.0 Å². The van der Waals surface area contributed by atoms with Gasteiger partial charge in [-0.3, -0.25) is 0 Å². The van der Waals surface area contributed by atoms with Crippen molar-refractivity contribution in [2.45, 2.75) is 63.1 Å². The Morgan fingerprint density at radius 1 is 1.11 bits per heavy atom. The van der Waals surface area contributed by atoms with Gasteiger partial charge in [0.25, 0.3) is 0 Å².